The van der Waals surface area contributed by atoms with Crippen molar-refractivity contribution in [3.05, 3.63) is 0 Å². The number of hydrogen-bond acceptors (Lipinski definition) is 18. The molecule has 0 aliphatic carbocycles. The smallest absolute Gasteiger partial charge is 0.411 e. The van der Waals surface area contributed by atoms with Crippen molar-refractivity contribution in [2.24, 2.45) is 16.2 Å². The molecule has 0 aromatic heterocycles. The van der Waals surface area contributed by atoms with E-state index in [-0.39, 0.29) is 14.7 Å². The number of alkyl carbamates (subject to hydrolysis) is 2. The zero-order chi connectivity index (χ0) is 33.0. The first kappa shape index (κ1) is 28.5. The Morgan fingerprint density at radius 3 is 1.11 bits per heavy atom. The second kappa shape index (κ2) is 8.71. The number of imide groups is 4. The van der Waals surface area contributed by atoms with Gasteiger partial charge in [-0.1, -0.05) is 0 Å². The Labute approximate surface area is 243 Å². The number of rotatable bonds is 8. The summed E-state index contributed by atoms with van der Waals surface area (Å²) in [7, 11) is 0. The molecule has 232 valence electrons. The van der Waals surface area contributed by atoms with E-state index in [0.717, 1.165) is 0 Å². The summed E-state index contributed by atoms with van der Waals surface area (Å²) in [5.74, 6) is -16.3. The van der Waals surface area contributed by atoms with Gasteiger partial charge >= 0.3 is 46.9 Å². The molecule has 6 heterocycles. The van der Waals surface area contributed by atoms with Crippen molar-refractivity contribution in [2.75, 3.05) is 26.8 Å². The summed E-state index contributed by atoms with van der Waals surface area (Å²) in [6, 6.07) is 0. The first-order chi connectivity index (χ1) is 21.1. The third-order valence-corrected chi connectivity index (χ3v) is 7.55. The fraction of sp³-hybridized carbons (Fsp3) is 0.333. The summed E-state index contributed by atoms with van der Waals surface area (Å²) < 4.78 is 16.9. The minimum atomic E-state index is -2.82. The number of nitrogens with one attached hydrogen (secondary N) is 2. The average molecular weight is 634 g/mol. The minimum absolute atomic E-state index is 0.195. The third kappa shape index (κ3) is 2.98. The van der Waals surface area contributed by atoms with Gasteiger partial charge in [0.15, 0.2) is 0 Å². The number of carbonyl (C=O) groups is 14. The van der Waals surface area contributed by atoms with E-state index in [1.54, 1.807) is 0 Å². The topological polar surface area (TPSA) is 313 Å². The largest absolute Gasteiger partial charge is 0.412 e. The maximum Gasteiger partial charge on any atom is 0.411 e. The molecule has 6 saturated heterocycles. The summed E-state index contributed by atoms with van der Waals surface area (Å²) in [5, 5.41) is 3.77. The lowest BCUT2D eigenvalue weighted by Gasteiger charge is -2.54. The van der Waals surface area contributed by atoms with Gasteiger partial charge in [-0.25, -0.2) is 28.8 Å². The molecule has 0 aromatic rings. The molecule has 0 radical (unpaired) electrons. The van der Waals surface area contributed by atoms with Crippen LogP contribution in [0.1, 0.15) is 0 Å². The van der Waals surface area contributed by atoms with Crippen molar-refractivity contribution in [2.45, 2.75) is 0 Å². The van der Waals surface area contributed by atoms with Crippen LogP contribution >= 0.6 is 0 Å². The highest BCUT2D eigenvalue weighted by Crippen LogP contribution is 2.47. The second-order valence-electron chi connectivity index (χ2n) is 9.55. The Bertz CT molecular complexity index is 1630. The normalized spacial score (nSPS) is 23.1. The van der Waals surface area contributed by atoms with E-state index in [9.17, 15) is 67.1 Å². The Kier molecular flexibility index (Phi) is 5.51. The van der Waals surface area contributed by atoms with Gasteiger partial charge in [0.2, 0.25) is 6.79 Å². The standard InChI is InChI=1S/C21H10N6O18/c28-5-19(7(30)26(8(19)31)3-27-11(34)21(12(27)35)15(38)45-16(21)39)6(29)24(5)1-22-17(40)42-4-43-18(41)23-2-25-9(32)20(10(25)33)13(36)44-14(20)37/h1-4H2,(H,22,40)(H,23,41). The number of esters is 4. The molecule has 6 rings (SSSR count). The van der Waals surface area contributed by atoms with Crippen LogP contribution in [-0.2, 0) is 76.5 Å². The van der Waals surface area contributed by atoms with Gasteiger partial charge in [-0.15, -0.1) is 0 Å². The van der Waals surface area contributed by atoms with Crippen molar-refractivity contribution in [3.8, 4) is 0 Å². The van der Waals surface area contributed by atoms with Gasteiger partial charge in [0, 0.05) is 0 Å². The lowest BCUT2D eigenvalue weighted by molar-refractivity contribution is -0.218. The molecular weight excluding hydrogens is 624 g/mol. The molecule has 24 nitrogen and oxygen atoms in total. The van der Waals surface area contributed by atoms with Crippen LogP contribution < -0.4 is 10.6 Å². The Balaban J connectivity index is 0.910. The summed E-state index contributed by atoms with van der Waals surface area (Å²) in [6.45, 7) is -3.92. The molecule has 45 heavy (non-hydrogen) atoms. The van der Waals surface area contributed by atoms with Crippen LogP contribution in [0.2, 0.25) is 0 Å². The predicted octanol–water partition coefficient (Wildman–Crippen LogP) is -7.13. The molecule has 10 amide bonds. The number of carbonyl (C=O) groups excluding carboxylic acids is 14. The highest BCUT2D eigenvalue weighted by molar-refractivity contribution is 6.53. The zero-order valence-corrected chi connectivity index (χ0v) is 21.5. The number of ether oxygens (including phenoxy) is 4. The molecule has 2 N–H and O–H groups in total. The van der Waals surface area contributed by atoms with Crippen molar-refractivity contribution >= 4 is 83.3 Å². The van der Waals surface area contributed by atoms with Crippen LogP contribution in [0, 0.1) is 16.2 Å². The van der Waals surface area contributed by atoms with E-state index < -0.39 is 126 Å². The van der Waals surface area contributed by atoms with E-state index in [4.69, 9.17) is 0 Å². The first-order valence-electron chi connectivity index (χ1n) is 11.9. The van der Waals surface area contributed by atoms with Gasteiger partial charge in [-0.2, -0.15) is 0 Å². The SMILES string of the molecule is O=C(NCN1C(=O)C2(C(=O)OC2=O)C1=O)OCOC(=O)NCN1C(=O)C2(C1=O)C(=O)N(CN1C(=O)C3(C(=O)OC3=O)C1=O)C2=O. The highest BCUT2D eigenvalue weighted by Gasteiger charge is 2.84. The molecular formula is C21H10N6O18. The van der Waals surface area contributed by atoms with Gasteiger partial charge in [0.25, 0.3) is 52.7 Å². The number of hydrogen-bond donors (Lipinski definition) is 2. The monoisotopic (exact) mass is 634 g/mol. The quantitative estimate of drug-likeness (QED) is 0.0823. The number of likely N-dealkylation sites (tertiary alicyclic amines) is 4. The number of cyclic esters (lactones) is 4. The molecule has 0 atom stereocenters. The molecule has 0 aromatic carbocycles. The van der Waals surface area contributed by atoms with E-state index in [2.05, 4.69) is 18.9 Å². The van der Waals surface area contributed by atoms with Crippen molar-refractivity contribution < 1.29 is 86.1 Å². The fourth-order valence-electron chi connectivity index (χ4n) is 4.97. The Hall–Kier alpha value is -6.62. The number of nitrogens with zero attached hydrogens (tertiary/aromatic N) is 4. The van der Waals surface area contributed by atoms with Crippen LogP contribution in [0.5, 0.6) is 0 Å². The van der Waals surface area contributed by atoms with E-state index in [1.165, 1.54) is 0 Å². The van der Waals surface area contributed by atoms with E-state index >= 15 is 0 Å². The maximum atomic E-state index is 12.6. The van der Waals surface area contributed by atoms with Gasteiger partial charge in [-0.3, -0.25) is 58.0 Å². The maximum absolute atomic E-state index is 12.6. The summed E-state index contributed by atoms with van der Waals surface area (Å²) in [5.41, 5.74) is -8.06. The number of amides is 10. The Morgan fingerprint density at radius 1 is 0.489 bits per heavy atom. The zero-order valence-electron chi connectivity index (χ0n) is 21.5. The van der Waals surface area contributed by atoms with Gasteiger partial charge in [-0.05, 0) is 0 Å². The minimum Gasteiger partial charge on any atom is -0.412 e. The highest BCUT2D eigenvalue weighted by atomic mass is 16.7. The molecule has 0 bridgehead atoms. The van der Waals surface area contributed by atoms with Crippen LogP contribution in [0.4, 0.5) is 9.59 Å². The summed E-state index contributed by atoms with van der Waals surface area (Å²) in [6.07, 6.45) is -2.73. The first-order valence-corrected chi connectivity index (χ1v) is 11.9. The molecule has 6 aliphatic heterocycles. The Morgan fingerprint density at radius 2 is 0.778 bits per heavy atom. The molecule has 6 aliphatic rings. The van der Waals surface area contributed by atoms with Crippen LogP contribution in [-0.4, -0.2) is 130 Å². The fourth-order valence-corrected chi connectivity index (χ4v) is 4.97. The van der Waals surface area contributed by atoms with Crippen LogP contribution in [0.25, 0.3) is 0 Å². The average Bonchev–Trinajstić information content (AvgIpc) is 2.97. The molecule has 24 heteroatoms. The lowest BCUT2D eigenvalue weighted by atomic mass is 9.69. The van der Waals surface area contributed by atoms with Crippen LogP contribution in [0.3, 0.4) is 0 Å². The van der Waals surface area contributed by atoms with Gasteiger partial charge in [0.1, 0.15) is 20.0 Å². The molecule has 6 fully saturated rings. The van der Waals surface area contributed by atoms with Crippen molar-refractivity contribution in [1.29, 1.82) is 0 Å². The number of β-lactam (4-membered cyclic amide) rings is 8. The molecule has 3 spiro atoms. The van der Waals surface area contributed by atoms with Crippen molar-refractivity contribution in [3.63, 3.8) is 0 Å². The van der Waals surface area contributed by atoms with Gasteiger partial charge < -0.3 is 29.6 Å². The predicted molar refractivity (Wildman–Crippen MR) is 116 cm³/mol. The second-order valence-corrected chi connectivity index (χ2v) is 9.55. The summed E-state index contributed by atoms with van der Waals surface area (Å²) >= 11 is 0. The lowest BCUT2D eigenvalue weighted by Crippen LogP contribution is -2.87. The molecule has 0 saturated carbocycles. The van der Waals surface area contributed by atoms with Crippen LogP contribution in [0.15, 0.2) is 0 Å². The third-order valence-electron chi connectivity index (χ3n) is 7.55. The van der Waals surface area contributed by atoms with E-state index in [1.807, 2.05) is 10.6 Å². The van der Waals surface area contributed by atoms with Crippen molar-refractivity contribution in [1.82, 2.24) is 30.2 Å². The molecule has 0 unspecified atom stereocenters. The van der Waals surface area contributed by atoms with Gasteiger partial charge in [0.05, 0.1) is 0 Å². The summed E-state index contributed by atoms with van der Waals surface area (Å²) in [4.78, 5) is 168. The van der Waals surface area contributed by atoms with E-state index in [0.29, 0.717) is 4.90 Å².